The molecule has 3 heteroatoms. The van der Waals surface area contributed by atoms with Crippen molar-refractivity contribution in [3.8, 4) is 0 Å². The molecule has 0 spiro atoms. The Morgan fingerprint density at radius 1 is 1.25 bits per heavy atom. The molecule has 1 heterocycles. The maximum atomic E-state index is 11.8. The Morgan fingerprint density at radius 2 is 1.81 bits per heavy atom. The first-order chi connectivity index (χ1) is 7.65. The quantitative estimate of drug-likeness (QED) is 0.781. The van der Waals surface area contributed by atoms with E-state index in [0.29, 0.717) is 0 Å². The molecule has 1 saturated heterocycles. The van der Waals surface area contributed by atoms with Crippen molar-refractivity contribution in [2.45, 2.75) is 25.2 Å². The molecule has 3 N–H and O–H groups in total. The van der Waals surface area contributed by atoms with Crippen molar-refractivity contribution >= 4 is 5.91 Å². The first-order valence-electron chi connectivity index (χ1n) is 5.73. The van der Waals surface area contributed by atoms with Crippen LogP contribution in [-0.4, -0.2) is 19.0 Å². The Kier molecular flexibility index (Phi) is 2.97. The monoisotopic (exact) mass is 218 g/mol. The summed E-state index contributed by atoms with van der Waals surface area (Å²) in [5.74, 6) is -0.196. The molecule has 0 atom stereocenters. The van der Waals surface area contributed by atoms with Crippen LogP contribution in [0.1, 0.15) is 24.0 Å². The molecule has 2 rings (SSSR count). The Hall–Kier alpha value is -1.35. The van der Waals surface area contributed by atoms with Gasteiger partial charge < -0.3 is 11.1 Å². The van der Waals surface area contributed by atoms with Crippen LogP contribution in [0.15, 0.2) is 24.3 Å². The molecule has 1 fully saturated rings. The average molecular weight is 218 g/mol. The van der Waals surface area contributed by atoms with E-state index in [0.717, 1.165) is 31.5 Å². The van der Waals surface area contributed by atoms with Crippen LogP contribution in [0.5, 0.6) is 0 Å². The summed E-state index contributed by atoms with van der Waals surface area (Å²) in [5, 5.41) is 3.27. The number of benzene rings is 1. The number of nitrogens with one attached hydrogen (secondary N) is 1. The van der Waals surface area contributed by atoms with Crippen LogP contribution in [0.3, 0.4) is 0 Å². The zero-order chi connectivity index (χ0) is 11.6. The van der Waals surface area contributed by atoms with Crippen LogP contribution in [0, 0.1) is 6.92 Å². The highest BCUT2D eigenvalue weighted by Gasteiger charge is 2.39. The van der Waals surface area contributed by atoms with Gasteiger partial charge in [0.05, 0.1) is 5.41 Å². The maximum absolute atomic E-state index is 11.8. The summed E-state index contributed by atoms with van der Waals surface area (Å²) in [5.41, 5.74) is 7.41. The van der Waals surface area contributed by atoms with Gasteiger partial charge in [-0.1, -0.05) is 29.8 Å². The van der Waals surface area contributed by atoms with Gasteiger partial charge in [0.2, 0.25) is 5.91 Å². The molecule has 1 amide bonds. The second-order valence-electron chi connectivity index (χ2n) is 4.56. The smallest absolute Gasteiger partial charge is 0.228 e. The zero-order valence-electron chi connectivity index (χ0n) is 9.62. The number of hydrogen-bond acceptors (Lipinski definition) is 2. The molecule has 1 aliphatic heterocycles. The summed E-state index contributed by atoms with van der Waals surface area (Å²) >= 11 is 0. The number of carbonyl (C=O) groups is 1. The SMILES string of the molecule is Cc1ccc(C2(C(N)=O)CCNCC2)cc1. The molecular weight excluding hydrogens is 200 g/mol. The first-order valence-corrected chi connectivity index (χ1v) is 5.73. The lowest BCUT2D eigenvalue weighted by atomic mass is 9.72. The van der Waals surface area contributed by atoms with Crippen molar-refractivity contribution in [3.05, 3.63) is 35.4 Å². The number of carbonyl (C=O) groups excluding carboxylic acids is 1. The summed E-state index contributed by atoms with van der Waals surface area (Å²) in [6.07, 6.45) is 1.59. The van der Waals surface area contributed by atoms with Crippen LogP contribution in [0.25, 0.3) is 0 Å². The molecule has 1 aliphatic rings. The van der Waals surface area contributed by atoms with Crippen molar-refractivity contribution < 1.29 is 4.79 Å². The lowest BCUT2D eigenvalue weighted by Gasteiger charge is -2.35. The number of amides is 1. The minimum Gasteiger partial charge on any atom is -0.369 e. The zero-order valence-corrected chi connectivity index (χ0v) is 9.62. The Morgan fingerprint density at radius 3 is 2.31 bits per heavy atom. The lowest BCUT2D eigenvalue weighted by Crippen LogP contribution is -2.48. The Bertz CT molecular complexity index is 377. The maximum Gasteiger partial charge on any atom is 0.228 e. The molecular formula is C13H18N2O. The second kappa shape index (κ2) is 4.26. The number of hydrogen-bond donors (Lipinski definition) is 2. The first kappa shape index (κ1) is 11.1. The van der Waals surface area contributed by atoms with Crippen LogP contribution in [0.4, 0.5) is 0 Å². The van der Waals surface area contributed by atoms with Gasteiger partial charge in [-0.05, 0) is 38.4 Å². The van der Waals surface area contributed by atoms with Crippen molar-refractivity contribution in [1.82, 2.24) is 5.32 Å². The Labute approximate surface area is 96.0 Å². The van der Waals surface area contributed by atoms with Crippen LogP contribution in [0.2, 0.25) is 0 Å². The van der Waals surface area contributed by atoms with E-state index < -0.39 is 5.41 Å². The summed E-state index contributed by atoms with van der Waals surface area (Å²) in [7, 11) is 0. The normalized spacial score (nSPS) is 19.3. The van der Waals surface area contributed by atoms with Gasteiger partial charge >= 0.3 is 0 Å². The fourth-order valence-corrected chi connectivity index (χ4v) is 2.40. The van der Waals surface area contributed by atoms with Crippen molar-refractivity contribution in [2.24, 2.45) is 5.73 Å². The van der Waals surface area contributed by atoms with Gasteiger partial charge in [-0.2, -0.15) is 0 Å². The molecule has 0 unspecified atom stereocenters. The molecule has 3 nitrogen and oxygen atoms in total. The van der Waals surface area contributed by atoms with Crippen LogP contribution < -0.4 is 11.1 Å². The number of rotatable bonds is 2. The third-order valence-corrected chi connectivity index (χ3v) is 3.53. The van der Waals surface area contributed by atoms with Gasteiger partial charge in [0, 0.05) is 0 Å². The fraction of sp³-hybridized carbons (Fsp3) is 0.462. The molecule has 0 bridgehead atoms. The minimum atomic E-state index is -0.459. The van der Waals surface area contributed by atoms with Gasteiger partial charge in [-0.25, -0.2) is 0 Å². The van der Waals surface area contributed by atoms with E-state index in [2.05, 4.69) is 5.32 Å². The van der Waals surface area contributed by atoms with Crippen LogP contribution in [-0.2, 0) is 10.2 Å². The van der Waals surface area contributed by atoms with Crippen molar-refractivity contribution in [2.75, 3.05) is 13.1 Å². The predicted octanol–water partition coefficient (Wildman–Crippen LogP) is 1.10. The molecule has 16 heavy (non-hydrogen) atoms. The lowest BCUT2D eigenvalue weighted by molar-refractivity contribution is -0.124. The van der Waals surface area contributed by atoms with E-state index in [-0.39, 0.29) is 5.91 Å². The standard InChI is InChI=1S/C13H18N2O/c1-10-2-4-11(5-3-10)13(12(14)16)6-8-15-9-7-13/h2-5,15H,6-9H2,1H3,(H2,14,16). The average Bonchev–Trinajstić information content (AvgIpc) is 2.30. The number of piperidine rings is 1. The van der Waals surface area contributed by atoms with E-state index in [9.17, 15) is 4.79 Å². The van der Waals surface area contributed by atoms with Gasteiger partial charge in [0.15, 0.2) is 0 Å². The minimum absolute atomic E-state index is 0.196. The predicted molar refractivity (Wildman–Crippen MR) is 64.2 cm³/mol. The molecule has 1 aromatic carbocycles. The third kappa shape index (κ3) is 1.83. The largest absolute Gasteiger partial charge is 0.369 e. The molecule has 1 aromatic rings. The molecule has 0 aliphatic carbocycles. The second-order valence-corrected chi connectivity index (χ2v) is 4.56. The van der Waals surface area contributed by atoms with Crippen molar-refractivity contribution in [3.63, 3.8) is 0 Å². The Balaban J connectivity index is 2.38. The topological polar surface area (TPSA) is 55.1 Å². The van der Waals surface area contributed by atoms with Crippen LogP contribution >= 0.6 is 0 Å². The van der Waals surface area contributed by atoms with E-state index in [1.165, 1.54) is 5.56 Å². The molecule has 0 aromatic heterocycles. The summed E-state index contributed by atoms with van der Waals surface area (Å²) in [4.78, 5) is 11.8. The van der Waals surface area contributed by atoms with Crippen molar-refractivity contribution in [1.29, 1.82) is 0 Å². The van der Waals surface area contributed by atoms with E-state index >= 15 is 0 Å². The van der Waals surface area contributed by atoms with Gasteiger partial charge in [-0.15, -0.1) is 0 Å². The highest BCUT2D eigenvalue weighted by molar-refractivity contribution is 5.86. The number of nitrogens with two attached hydrogens (primary N) is 1. The summed E-state index contributed by atoms with van der Waals surface area (Å²) in [6.45, 7) is 3.76. The van der Waals surface area contributed by atoms with E-state index in [1.807, 2.05) is 31.2 Å². The third-order valence-electron chi connectivity index (χ3n) is 3.53. The van der Waals surface area contributed by atoms with E-state index in [4.69, 9.17) is 5.73 Å². The highest BCUT2D eigenvalue weighted by Crippen LogP contribution is 2.33. The highest BCUT2D eigenvalue weighted by atomic mass is 16.1. The van der Waals surface area contributed by atoms with Gasteiger partial charge in [-0.3, -0.25) is 4.79 Å². The molecule has 86 valence electrons. The van der Waals surface area contributed by atoms with Gasteiger partial charge in [0.1, 0.15) is 0 Å². The number of primary amides is 1. The van der Waals surface area contributed by atoms with Gasteiger partial charge in [0.25, 0.3) is 0 Å². The molecule has 0 radical (unpaired) electrons. The fourth-order valence-electron chi connectivity index (χ4n) is 2.40. The van der Waals surface area contributed by atoms with E-state index in [1.54, 1.807) is 0 Å². The number of aryl methyl sites for hydroxylation is 1. The molecule has 0 saturated carbocycles. The summed E-state index contributed by atoms with van der Waals surface area (Å²) < 4.78 is 0. The summed E-state index contributed by atoms with van der Waals surface area (Å²) in [6, 6.07) is 8.15.